The fraction of sp³-hybridized carbons (Fsp3) is 0.350. The summed E-state index contributed by atoms with van der Waals surface area (Å²) in [5.41, 5.74) is 0.588. The van der Waals surface area contributed by atoms with Gasteiger partial charge in [0, 0.05) is 26.3 Å². The van der Waals surface area contributed by atoms with E-state index in [9.17, 15) is 17.6 Å². The van der Waals surface area contributed by atoms with E-state index in [4.69, 9.17) is 4.74 Å². The molecule has 0 aliphatic rings. The largest absolute Gasteiger partial charge is 0.382 e. The molecule has 0 aliphatic heterocycles. The number of nitrogens with zero attached hydrogens (tertiary/aromatic N) is 1. The van der Waals surface area contributed by atoms with Crippen molar-refractivity contribution in [3.05, 3.63) is 66.0 Å². The van der Waals surface area contributed by atoms with Gasteiger partial charge >= 0.3 is 0 Å². The van der Waals surface area contributed by atoms with Gasteiger partial charge < -0.3 is 10.1 Å². The van der Waals surface area contributed by atoms with Crippen molar-refractivity contribution in [1.29, 1.82) is 0 Å². The first-order chi connectivity index (χ1) is 13.4. The summed E-state index contributed by atoms with van der Waals surface area (Å²) < 4.78 is 45.5. The Hall–Kier alpha value is -2.29. The number of rotatable bonds is 11. The van der Waals surface area contributed by atoms with Crippen LogP contribution >= 0.6 is 0 Å². The second-order valence-corrected chi connectivity index (χ2v) is 8.05. The highest BCUT2D eigenvalue weighted by atomic mass is 32.2. The number of halogens is 1. The molecule has 28 heavy (non-hydrogen) atoms. The van der Waals surface area contributed by atoms with Gasteiger partial charge in [0.1, 0.15) is 5.82 Å². The molecule has 1 N–H and O–H groups in total. The summed E-state index contributed by atoms with van der Waals surface area (Å²) in [6.45, 7) is 3.05. The highest BCUT2D eigenvalue weighted by molar-refractivity contribution is 7.89. The van der Waals surface area contributed by atoms with Gasteiger partial charge in [-0.05, 0) is 43.2 Å². The van der Waals surface area contributed by atoms with E-state index in [1.54, 1.807) is 18.2 Å². The number of ether oxygens (including phenoxy) is 1. The number of carbonyl (C=O) groups excluding carboxylic acids is 1. The standard InChI is InChI=1S/C20H25FN2O4S/c1-2-27-14-6-13-22-20(24)16-23(15-17-9-11-18(21)12-10-17)28(25,26)19-7-4-3-5-8-19/h3-5,7-12H,2,6,13-16H2,1H3,(H,22,24). The number of amides is 1. The lowest BCUT2D eigenvalue weighted by molar-refractivity contribution is -0.121. The van der Waals surface area contributed by atoms with Crippen LogP contribution in [0.25, 0.3) is 0 Å². The summed E-state index contributed by atoms with van der Waals surface area (Å²) in [6.07, 6.45) is 0.642. The first-order valence-electron chi connectivity index (χ1n) is 9.07. The second kappa shape index (κ2) is 10.9. The zero-order valence-corrected chi connectivity index (χ0v) is 16.6. The van der Waals surface area contributed by atoms with E-state index in [2.05, 4.69) is 5.32 Å². The lowest BCUT2D eigenvalue weighted by Crippen LogP contribution is -2.40. The molecule has 0 heterocycles. The van der Waals surface area contributed by atoms with Gasteiger partial charge in [-0.25, -0.2) is 12.8 Å². The molecule has 6 nitrogen and oxygen atoms in total. The van der Waals surface area contributed by atoms with Crippen molar-refractivity contribution >= 4 is 15.9 Å². The number of benzene rings is 2. The Kier molecular flexibility index (Phi) is 8.56. The Balaban J connectivity index is 2.12. The smallest absolute Gasteiger partial charge is 0.243 e. The number of carbonyl (C=O) groups is 1. The third-order valence-electron chi connectivity index (χ3n) is 3.96. The van der Waals surface area contributed by atoms with Crippen molar-refractivity contribution in [1.82, 2.24) is 9.62 Å². The maximum atomic E-state index is 13.2. The second-order valence-electron chi connectivity index (χ2n) is 6.11. The van der Waals surface area contributed by atoms with Gasteiger partial charge in [-0.15, -0.1) is 0 Å². The quantitative estimate of drug-likeness (QED) is 0.580. The van der Waals surface area contributed by atoms with Crippen molar-refractivity contribution in [3.63, 3.8) is 0 Å². The van der Waals surface area contributed by atoms with Crippen LogP contribution < -0.4 is 5.32 Å². The molecule has 2 aromatic rings. The van der Waals surface area contributed by atoms with Crippen LogP contribution in [-0.4, -0.2) is 44.9 Å². The summed E-state index contributed by atoms with van der Waals surface area (Å²) in [5, 5.41) is 2.71. The molecule has 0 radical (unpaired) electrons. The molecule has 0 unspecified atom stereocenters. The Labute approximate surface area is 165 Å². The van der Waals surface area contributed by atoms with Gasteiger partial charge in [-0.1, -0.05) is 30.3 Å². The molecule has 2 rings (SSSR count). The van der Waals surface area contributed by atoms with Crippen LogP contribution in [0.1, 0.15) is 18.9 Å². The van der Waals surface area contributed by atoms with Crippen molar-refractivity contribution in [2.24, 2.45) is 0 Å². The van der Waals surface area contributed by atoms with Crippen LogP contribution in [0, 0.1) is 5.82 Å². The predicted molar refractivity (Wildman–Crippen MR) is 105 cm³/mol. The molecule has 0 saturated heterocycles. The van der Waals surface area contributed by atoms with Crippen LogP contribution in [0.15, 0.2) is 59.5 Å². The predicted octanol–water partition coefficient (Wildman–Crippen LogP) is 2.56. The Bertz CT molecular complexity index is 842. The van der Waals surface area contributed by atoms with E-state index in [1.807, 2.05) is 6.92 Å². The summed E-state index contributed by atoms with van der Waals surface area (Å²) in [5.74, 6) is -0.814. The molecule has 152 valence electrons. The topological polar surface area (TPSA) is 75.7 Å². The number of sulfonamides is 1. The molecule has 0 aromatic heterocycles. The first-order valence-corrected chi connectivity index (χ1v) is 10.5. The average molecular weight is 408 g/mol. The maximum absolute atomic E-state index is 13.2. The van der Waals surface area contributed by atoms with Crippen LogP contribution in [-0.2, 0) is 26.1 Å². The molecule has 0 bridgehead atoms. The summed E-state index contributed by atoms with van der Waals surface area (Å²) in [6, 6.07) is 13.4. The van der Waals surface area contributed by atoms with Gasteiger partial charge in [-0.3, -0.25) is 4.79 Å². The van der Waals surface area contributed by atoms with Crippen molar-refractivity contribution in [3.8, 4) is 0 Å². The number of hydrogen-bond donors (Lipinski definition) is 1. The zero-order chi connectivity index (χ0) is 20.4. The van der Waals surface area contributed by atoms with E-state index in [1.165, 1.54) is 36.4 Å². The minimum absolute atomic E-state index is 0.0378. The monoisotopic (exact) mass is 408 g/mol. The molecule has 2 aromatic carbocycles. The Morgan fingerprint density at radius 2 is 1.79 bits per heavy atom. The Morgan fingerprint density at radius 1 is 1.11 bits per heavy atom. The van der Waals surface area contributed by atoms with Gasteiger partial charge in [0.05, 0.1) is 11.4 Å². The van der Waals surface area contributed by atoms with Crippen LogP contribution in [0.4, 0.5) is 4.39 Å². The van der Waals surface area contributed by atoms with E-state index < -0.39 is 21.7 Å². The fourth-order valence-electron chi connectivity index (χ4n) is 2.52. The van der Waals surface area contributed by atoms with Crippen LogP contribution in [0.2, 0.25) is 0 Å². The van der Waals surface area contributed by atoms with Gasteiger partial charge in [0.2, 0.25) is 15.9 Å². The molecule has 0 atom stereocenters. The minimum atomic E-state index is -3.89. The highest BCUT2D eigenvalue weighted by Gasteiger charge is 2.26. The normalized spacial score (nSPS) is 11.5. The molecular weight excluding hydrogens is 383 g/mol. The lowest BCUT2D eigenvalue weighted by Gasteiger charge is -2.22. The van der Waals surface area contributed by atoms with Crippen LogP contribution in [0.5, 0.6) is 0 Å². The van der Waals surface area contributed by atoms with Gasteiger partial charge in [0.15, 0.2) is 0 Å². The molecular formula is C20H25FN2O4S. The highest BCUT2D eigenvalue weighted by Crippen LogP contribution is 2.18. The summed E-state index contributed by atoms with van der Waals surface area (Å²) in [4.78, 5) is 12.4. The van der Waals surface area contributed by atoms with E-state index in [-0.39, 0.29) is 18.0 Å². The zero-order valence-electron chi connectivity index (χ0n) is 15.8. The van der Waals surface area contributed by atoms with Crippen molar-refractivity contribution < 1.29 is 22.3 Å². The van der Waals surface area contributed by atoms with Crippen molar-refractivity contribution in [2.75, 3.05) is 26.3 Å². The molecule has 0 saturated carbocycles. The van der Waals surface area contributed by atoms with Gasteiger partial charge in [0.25, 0.3) is 0 Å². The average Bonchev–Trinajstić information content (AvgIpc) is 2.69. The van der Waals surface area contributed by atoms with Crippen LogP contribution in [0.3, 0.4) is 0 Å². The Morgan fingerprint density at radius 3 is 2.43 bits per heavy atom. The third-order valence-corrected chi connectivity index (χ3v) is 5.77. The SMILES string of the molecule is CCOCCCNC(=O)CN(Cc1ccc(F)cc1)S(=O)(=O)c1ccccc1. The number of hydrogen-bond acceptors (Lipinski definition) is 4. The van der Waals surface area contributed by atoms with E-state index in [0.29, 0.717) is 31.7 Å². The summed E-state index contributed by atoms with van der Waals surface area (Å²) in [7, 11) is -3.89. The van der Waals surface area contributed by atoms with Crippen molar-refractivity contribution in [2.45, 2.75) is 24.8 Å². The molecule has 0 fully saturated rings. The minimum Gasteiger partial charge on any atom is -0.382 e. The molecule has 8 heteroatoms. The summed E-state index contributed by atoms with van der Waals surface area (Å²) >= 11 is 0. The van der Waals surface area contributed by atoms with Gasteiger partial charge in [-0.2, -0.15) is 4.31 Å². The van der Waals surface area contributed by atoms with E-state index in [0.717, 1.165) is 4.31 Å². The number of nitrogens with one attached hydrogen (secondary N) is 1. The molecule has 0 spiro atoms. The van der Waals surface area contributed by atoms with E-state index >= 15 is 0 Å². The fourth-order valence-corrected chi connectivity index (χ4v) is 3.93. The molecule has 0 aliphatic carbocycles. The maximum Gasteiger partial charge on any atom is 0.243 e. The first kappa shape index (κ1) is 22.0. The lowest BCUT2D eigenvalue weighted by atomic mass is 10.2. The molecule has 1 amide bonds. The third kappa shape index (κ3) is 6.70.